The Morgan fingerprint density at radius 1 is 0.812 bits per heavy atom. The van der Waals surface area contributed by atoms with Gasteiger partial charge in [-0.2, -0.15) is 5.10 Å². The zero-order valence-electron chi connectivity index (χ0n) is 17.1. The molecule has 6 nitrogen and oxygen atoms in total. The lowest BCUT2D eigenvalue weighted by Crippen LogP contribution is -1.87. The Balaban J connectivity index is 1.51. The zero-order valence-corrected chi connectivity index (χ0v) is 17.1. The Kier molecular flexibility index (Phi) is 4.07. The predicted molar refractivity (Wildman–Crippen MR) is 122 cm³/mol. The number of aryl methyl sites for hydroxylation is 1. The van der Waals surface area contributed by atoms with Gasteiger partial charge in [-0.25, -0.2) is 14.4 Å². The summed E-state index contributed by atoms with van der Waals surface area (Å²) in [6, 6.07) is 14.5. The molecule has 5 aromatic heterocycles. The van der Waals surface area contributed by atoms with E-state index < -0.39 is 0 Å². The number of nitrogens with one attached hydrogen (secondary N) is 2. The maximum Gasteiger partial charge on any atom is 0.181 e. The highest BCUT2D eigenvalue weighted by Crippen LogP contribution is 2.34. The molecule has 0 spiro atoms. The molecule has 0 amide bonds. The van der Waals surface area contributed by atoms with Crippen molar-refractivity contribution in [2.24, 2.45) is 0 Å². The fraction of sp³-hybridized carbons (Fsp3) is 0.0400. The Hall–Kier alpha value is -4.39. The lowest BCUT2D eigenvalue weighted by atomic mass is 10.0. The normalized spacial score (nSPS) is 11.4. The van der Waals surface area contributed by atoms with E-state index in [0.717, 1.165) is 55.6 Å². The number of hydrogen-bond acceptors (Lipinski definition) is 4. The average Bonchev–Trinajstić information content (AvgIpc) is 3.43. The van der Waals surface area contributed by atoms with E-state index in [1.54, 1.807) is 24.5 Å². The molecule has 1 aromatic carbocycles. The van der Waals surface area contributed by atoms with Crippen LogP contribution in [0.2, 0.25) is 0 Å². The Morgan fingerprint density at radius 3 is 2.53 bits per heavy atom. The van der Waals surface area contributed by atoms with Gasteiger partial charge >= 0.3 is 0 Å². The van der Waals surface area contributed by atoms with Crippen molar-refractivity contribution in [3.8, 4) is 33.6 Å². The second-order valence-corrected chi connectivity index (χ2v) is 7.70. The van der Waals surface area contributed by atoms with E-state index in [9.17, 15) is 4.39 Å². The molecule has 7 heteroatoms. The number of fused-ring (bicyclic) bond motifs is 2. The first-order valence-corrected chi connectivity index (χ1v) is 10.2. The number of halogens is 1. The number of hydrogen-bond donors (Lipinski definition) is 2. The zero-order chi connectivity index (χ0) is 21.7. The van der Waals surface area contributed by atoms with E-state index in [0.29, 0.717) is 5.65 Å². The molecule has 154 valence electrons. The fourth-order valence-electron chi connectivity index (χ4n) is 4.06. The molecule has 0 atom stereocenters. The van der Waals surface area contributed by atoms with Crippen LogP contribution in [-0.4, -0.2) is 30.1 Å². The first kappa shape index (κ1) is 18.4. The minimum absolute atomic E-state index is 0.259. The molecule has 32 heavy (non-hydrogen) atoms. The standard InChI is InChI=1S/C25H17FN6/c1-14-6-8-27-13-21(14)16-10-20-23(31-32-25(20)29-12-16)22-11-19-18(7-9-28-24(19)30-22)15-2-4-17(26)5-3-15/h2-13H,1H3,(H,28,30)(H,29,31,32). The van der Waals surface area contributed by atoms with Gasteiger partial charge in [0.2, 0.25) is 0 Å². The highest BCUT2D eigenvalue weighted by Gasteiger charge is 2.15. The van der Waals surface area contributed by atoms with E-state index in [4.69, 9.17) is 0 Å². The van der Waals surface area contributed by atoms with Crippen LogP contribution in [0.15, 0.2) is 73.3 Å². The number of benzene rings is 1. The van der Waals surface area contributed by atoms with E-state index in [-0.39, 0.29) is 5.82 Å². The highest BCUT2D eigenvalue weighted by molar-refractivity contribution is 5.99. The summed E-state index contributed by atoms with van der Waals surface area (Å²) < 4.78 is 13.4. The van der Waals surface area contributed by atoms with Crippen molar-refractivity contribution >= 4 is 22.1 Å². The number of pyridine rings is 3. The third-order valence-corrected chi connectivity index (χ3v) is 5.72. The van der Waals surface area contributed by atoms with Crippen LogP contribution in [0.5, 0.6) is 0 Å². The maximum absolute atomic E-state index is 13.4. The van der Waals surface area contributed by atoms with E-state index in [1.165, 1.54) is 12.1 Å². The Bertz CT molecular complexity index is 1600. The lowest BCUT2D eigenvalue weighted by molar-refractivity contribution is 0.628. The van der Waals surface area contributed by atoms with Crippen molar-refractivity contribution in [2.45, 2.75) is 6.92 Å². The molecule has 6 rings (SSSR count). The number of nitrogens with zero attached hydrogens (tertiary/aromatic N) is 4. The van der Waals surface area contributed by atoms with E-state index in [2.05, 4.69) is 43.1 Å². The summed E-state index contributed by atoms with van der Waals surface area (Å²) in [5, 5.41) is 9.34. The summed E-state index contributed by atoms with van der Waals surface area (Å²) in [6.07, 6.45) is 7.19. The first-order valence-electron chi connectivity index (χ1n) is 10.2. The molecule has 0 fully saturated rings. The maximum atomic E-state index is 13.4. The average molecular weight is 420 g/mol. The highest BCUT2D eigenvalue weighted by atomic mass is 19.1. The molecular weight excluding hydrogens is 403 g/mol. The van der Waals surface area contributed by atoms with Gasteiger partial charge in [0.05, 0.1) is 11.4 Å². The largest absolute Gasteiger partial charge is 0.338 e. The number of aromatic nitrogens is 6. The smallest absolute Gasteiger partial charge is 0.181 e. The van der Waals surface area contributed by atoms with Gasteiger partial charge in [-0.1, -0.05) is 12.1 Å². The van der Waals surface area contributed by atoms with Crippen LogP contribution in [0.4, 0.5) is 4.39 Å². The molecule has 0 aliphatic rings. The van der Waals surface area contributed by atoms with Crippen LogP contribution in [0.3, 0.4) is 0 Å². The molecule has 5 heterocycles. The lowest BCUT2D eigenvalue weighted by Gasteiger charge is -2.04. The van der Waals surface area contributed by atoms with Crippen molar-refractivity contribution in [2.75, 3.05) is 0 Å². The fourth-order valence-corrected chi connectivity index (χ4v) is 4.06. The molecule has 0 aliphatic carbocycles. The van der Waals surface area contributed by atoms with Crippen molar-refractivity contribution in [3.05, 3.63) is 84.7 Å². The monoisotopic (exact) mass is 420 g/mol. The van der Waals surface area contributed by atoms with Gasteiger partial charge in [0, 0.05) is 46.7 Å². The summed E-state index contributed by atoms with van der Waals surface area (Å²) in [4.78, 5) is 16.7. The van der Waals surface area contributed by atoms with Crippen molar-refractivity contribution in [1.82, 2.24) is 30.1 Å². The van der Waals surface area contributed by atoms with Crippen molar-refractivity contribution in [1.29, 1.82) is 0 Å². The van der Waals surface area contributed by atoms with Gasteiger partial charge in [-0.05, 0) is 60.0 Å². The van der Waals surface area contributed by atoms with Gasteiger partial charge in [-0.15, -0.1) is 0 Å². The van der Waals surface area contributed by atoms with Gasteiger partial charge in [0.25, 0.3) is 0 Å². The number of rotatable bonds is 3. The summed E-state index contributed by atoms with van der Waals surface area (Å²) in [5.74, 6) is -0.259. The van der Waals surface area contributed by atoms with E-state index in [1.807, 2.05) is 30.6 Å². The third-order valence-electron chi connectivity index (χ3n) is 5.72. The van der Waals surface area contributed by atoms with Gasteiger partial charge < -0.3 is 4.98 Å². The van der Waals surface area contributed by atoms with Crippen LogP contribution in [0, 0.1) is 12.7 Å². The van der Waals surface area contributed by atoms with Crippen LogP contribution >= 0.6 is 0 Å². The molecule has 0 bridgehead atoms. The summed E-state index contributed by atoms with van der Waals surface area (Å²) in [7, 11) is 0. The summed E-state index contributed by atoms with van der Waals surface area (Å²) in [5.41, 5.74) is 8.11. The Labute approximate surface area is 182 Å². The SMILES string of the molecule is Cc1ccncc1-c1cnc2n[nH]c(-c3cc4c(-c5ccc(F)cc5)ccnc4[nH]3)c2c1. The van der Waals surface area contributed by atoms with Crippen LogP contribution in [0.1, 0.15) is 5.56 Å². The number of H-pyrrole nitrogens is 2. The number of aromatic amines is 2. The molecule has 0 radical (unpaired) electrons. The van der Waals surface area contributed by atoms with Crippen LogP contribution in [0.25, 0.3) is 55.7 Å². The second-order valence-electron chi connectivity index (χ2n) is 7.70. The third kappa shape index (κ3) is 2.94. The molecule has 6 aromatic rings. The van der Waals surface area contributed by atoms with Gasteiger partial charge in [0.15, 0.2) is 5.65 Å². The second kappa shape index (κ2) is 7.09. The summed E-state index contributed by atoms with van der Waals surface area (Å²) >= 11 is 0. The minimum atomic E-state index is -0.259. The molecular formula is C25H17FN6. The summed E-state index contributed by atoms with van der Waals surface area (Å²) in [6.45, 7) is 2.05. The van der Waals surface area contributed by atoms with Crippen molar-refractivity contribution < 1.29 is 4.39 Å². The molecule has 2 N–H and O–H groups in total. The molecule has 0 saturated heterocycles. The van der Waals surface area contributed by atoms with Crippen LogP contribution < -0.4 is 0 Å². The Morgan fingerprint density at radius 2 is 1.69 bits per heavy atom. The van der Waals surface area contributed by atoms with E-state index >= 15 is 0 Å². The molecule has 0 aliphatic heterocycles. The first-order chi connectivity index (χ1) is 15.7. The quantitative estimate of drug-likeness (QED) is 0.386. The topological polar surface area (TPSA) is 83.1 Å². The predicted octanol–water partition coefficient (Wildman–Crippen LogP) is 5.68. The van der Waals surface area contributed by atoms with Gasteiger partial charge in [0.1, 0.15) is 11.5 Å². The molecule has 0 unspecified atom stereocenters. The van der Waals surface area contributed by atoms with Crippen LogP contribution in [-0.2, 0) is 0 Å². The van der Waals surface area contributed by atoms with Crippen molar-refractivity contribution in [3.63, 3.8) is 0 Å². The minimum Gasteiger partial charge on any atom is -0.338 e. The van der Waals surface area contributed by atoms with Gasteiger partial charge in [-0.3, -0.25) is 10.1 Å². The molecule has 0 saturated carbocycles.